The minimum atomic E-state index is -9.38. The lowest BCUT2D eigenvalue weighted by Gasteiger charge is -2.44. The van der Waals surface area contributed by atoms with Crippen LogP contribution < -0.4 is 0 Å². The van der Waals surface area contributed by atoms with Gasteiger partial charge in [0.15, 0.2) is 0 Å². The first-order valence-electron chi connectivity index (χ1n) is 11.0. The molecule has 2 atom stereocenters. The standard InChI is InChI=1S/C21H14F22O4/c1-6(2)9(44)46-5-8(47-10(45)7(3)4)12(23,24)11(22)13(25,26)14(27,28)15(29,30)16(31,32)17(33,34)18(35,36)19(37,38)20(39,40)21(41,42)43/h8,11H,1,3,5H2,2,4H3. The molecule has 0 aliphatic rings. The van der Waals surface area contributed by atoms with Crippen LogP contribution in [0, 0.1) is 0 Å². The second-order valence-corrected chi connectivity index (χ2v) is 9.23. The van der Waals surface area contributed by atoms with E-state index in [1.807, 2.05) is 0 Å². The van der Waals surface area contributed by atoms with Crippen LogP contribution in [0.5, 0.6) is 0 Å². The van der Waals surface area contributed by atoms with E-state index in [1.54, 1.807) is 0 Å². The Morgan fingerprint density at radius 1 is 0.532 bits per heavy atom. The smallest absolute Gasteiger partial charge is 0.458 e. The van der Waals surface area contributed by atoms with Crippen molar-refractivity contribution >= 4 is 11.9 Å². The zero-order valence-electron chi connectivity index (χ0n) is 22.2. The van der Waals surface area contributed by atoms with Gasteiger partial charge in [-0.1, -0.05) is 13.2 Å². The van der Waals surface area contributed by atoms with E-state index in [0.717, 1.165) is 6.92 Å². The largest absolute Gasteiger partial charge is 0.460 e. The van der Waals surface area contributed by atoms with Crippen LogP contribution in [0.2, 0.25) is 0 Å². The summed E-state index contributed by atoms with van der Waals surface area (Å²) in [4.78, 5) is 22.9. The minimum Gasteiger partial charge on any atom is -0.458 e. The zero-order chi connectivity index (χ0) is 38.6. The summed E-state index contributed by atoms with van der Waals surface area (Å²) in [6.07, 6.45) is -18.8. The number of carbonyl (C=O) groups is 2. The monoisotopic (exact) mass is 748 g/mol. The molecule has 26 heteroatoms. The molecule has 2 unspecified atom stereocenters. The number of halogens is 22. The van der Waals surface area contributed by atoms with Gasteiger partial charge in [-0.05, 0) is 13.8 Å². The Bertz CT molecular complexity index is 1220. The predicted octanol–water partition coefficient (Wildman–Crippen LogP) is 8.21. The lowest BCUT2D eigenvalue weighted by Crippen LogP contribution is -2.77. The van der Waals surface area contributed by atoms with Gasteiger partial charge in [0.05, 0.1) is 0 Å². The Labute approximate surface area is 245 Å². The molecule has 4 nitrogen and oxygen atoms in total. The number of ether oxygens (including phenoxy) is 2. The normalized spacial score (nSPS) is 16.3. The lowest BCUT2D eigenvalue weighted by molar-refractivity contribution is -0.471. The average molecular weight is 748 g/mol. The van der Waals surface area contributed by atoms with Crippen molar-refractivity contribution in [2.75, 3.05) is 6.61 Å². The van der Waals surface area contributed by atoms with Crippen molar-refractivity contribution < 1.29 is 116 Å². The van der Waals surface area contributed by atoms with Gasteiger partial charge in [-0.2, -0.15) is 92.2 Å². The van der Waals surface area contributed by atoms with Gasteiger partial charge in [-0.25, -0.2) is 14.0 Å². The van der Waals surface area contributed by atoms with Crippen molar-refractivity contribution in [1.29, 1.82) is 0 Å². The molecule has 0 heterocycles. The topological polar surface area (TPSA) is 52.6 Å². The number of alkyl halides is 22. The first-order chi connectivity index (χ1) is 20.2. The second-order valence-electron chi connectivity index (χ2n) is 9.23. The molecule has 0 aromatic heterocycles. The maximum atomic E-state index is 14.6. The van der Waals surface area contributed by atoms with Crippen LogP contribution in [0.4, 0.5) is 96.6 Å². The summed E-state index contributed by atoms with van der Waals surface area (Å²) in [5.41, 5.74) is -1.81. The molecular weight excluding hydrogens is 734 g/mol. The van der Waals surface area contributed by atoms with Gasteiger partial charge in [0, 0.05) is 11.1 Å². The van der Waals surface area contributed by atoms with Gasteiger partial charge in [0.25, 0.3) is 0 Å². The van der Waals surface area contributed by atoms with Crippen molar-refractivity contribution in [3.63, 3.8) is 0 Å². The first-order valence-corrected chi connectivity index (χ1v) is 11.0. The Balaban J connectivity index is 7.20. The fourth-order valence-electron chi connectivity index (χ4n) is 2.67. The maximum Gasteiger partial charge on any atom is 0.460 e. The van der Waals surface area contributed by atoms with E-state index in [0.29, 0.717) is 6.92 Å². The van der Waals surface area contributed by atoms with Crippen molar-refractivity contribution in [2.24, 2.45) is 0 Å². The molecule has 0 aromatic rings. The van der Waals surface area contributed by atoms with Gasteiger partial charge in [0.1, 0.15) is 6.61 Å². The second kappa shape index (κ2) is 12.4. The summed E-state index contributed by atoms with van der Waals surface area (Å²) in [7, 11) is 0. The van der Waals surface area contributed by atoms with Crippen molar-refractivity contribution in [1.82, 2.24) is 0 Å². The third-order valence-corrected chi connectivity index (χ3v) is 5.54. The molecule has 0 N–H and O–H groups in total. The predicted molar refractivity (Wildman–Crippen MR) is 106 cm³/mol. The Hall–Kier alpha value is -3.12. The van der Waals surface area contributed by atoms with Crippen LogP contribution in [-0.2, 0) is 19.1 Å². The molecule has 0 aromatic carbocycles. The Morgan fingerprint density at radius 3 is 1.13 bits per heavy atom. The summed E-state index contributed by atoms with van der Waals surface area (Å²) in [6.45, 7) is 4.41. The highest BCUT2D eigenvalue weighted by Gasteiger charge is 2.97. The number of esters is 2. The van der Waals surface area contributed by atoms with Gasteiger partial charge < -0.3 is 9.47 Å². The molecule has 47 heavy (non-hydrogen) atoms. The zero-order valence-corrected chi connectivity index (χ0v) is 22.2. The van der Waals surface area contributed by atoms with E-state index in [2.05, 4.69) is 22.6 Å². The van der Waals surface area contributed by atoms with Crippen LogP contribution >= 0.6 is 0 Å². The molecule has 276 valence electrons. The maximum absolute atomic E-state index is 14.6. The van der Waals surface area contributed by atoms with Crippen LogP contribution in [0.15, 0.2) is 24.3 Å². The first kappa shape index (κ1) is 43.9. The molecule has 0 bridgehead atoms. The highest BCUT2D eigenvalue weighted by atomic mass is 19.4. The molecule has 0 spiro atoms. The molecule has 0 radical (unpaired) electrons. The Morgan fingerprint density at radius 2 is 0.830 bits per heavy atom. The molecule has 0 saturated heterocycles. The van der Waals surface area contributed by atoms with Gasteiger partial charge in [-0.3, -0.25) is 0 Å². The van der Waals surface area contributed by atoms with E-state index in [9.17, 15) is 106 Å². The summed E-state index contributed by atoms with van der Waals surface area (Å²) < 4.78 is 307. The average Bonchev–Trinajstić information content (AvgIpc) is 2.88. The quantitative estimate of drug-likeness (QED) is 0.0964. The third-order valence-electron chi connectivity index (χ3n) is 5.54. The summed E-state index contributed by atoms with van der Waals surface area (Å²) in [5, 5.41) is 0. The van der Waals surface area contributed by atoms with Gasteiger partial charge in [0.2, 0.25) is 12.3 Å². The highest BCUT2D eigenvalue weighted by molar-refractivity contribution is 5.87. The SMILES string of the molecule is C=C(C)C(=O)OCC(OC(=O)C(=C)C)C(F)(F)C(F)C(F)(F)C(F)(F)C(F)(F)C(F)(F)C(F)(F)C(F)(F)C(F)(F)C(F)(F)C(F)(F)F. The number of rotatable bonds is 15. The molecule has 0 aliphatic heterocycles. The molecule has 0 fully saturated rings. The van der Waals surface area contributed by atoms with E-state index in [-0.39, 0.29) is 0 Å². The van der Waals surface area contributed by atoms with Crippen molar-refractivity contribution in [3.8, 4) is 0 Å². The van der Waals surface area contributed by atoms with E-state index < -0.39 is 101 Å². The van der Waals surface area contributed by atoms with E-state index in [1.165, 1.54) is 0 Å². The summed E-state index contributed by atoms with van der Waals surface area (Å²) in [5.74, 6) is -82.9. The molecule has 0 amide bonds. The number of hydrogen-bond donors (Lipinski definition) is 0. The van der Waals surface area contributed by atoms with Crippen LogP contribution in [0.25, 0.3) is 0 Å². The third kappa shape index (κ3) is 6.64. The fourth-order valence-corrected chi connectivity index (χ4v) is 2.67. The van der Waals surface area contributed by atoms with Crippen LogP contribution in [0.3, 0.4) is 0 Å². The molecule has 0 rings (SSSR count). The van der Waals surface area contributed by atoms with E-state index >= 15 is 0 Å². The minimum absolute atomic E-state index is 0.555. The van der Waals surface area contributed by atoms with E-state index in [4.69, 9.17) is 0 Å². The number of hydrogen-bond acceptors (Lipinski definition) is 4. The van der Waals surface area contributed by atoms with Gasteiger partial charge >= 0.3 is 71.4 Å². The fraction of sp³-hybridized carbons (Fsp3) is 0.714. The van der Waals surface area contributed by atoms with Crippen LogP contribution in [0.1, 0.15) is 13.8 Å². The van der Waals surface area contributed by atoms with Crippen molar-refractivity contribution in [2.45, 2.75) is 85.6 Å². The van der Waals surface area contributed by atoms with Crippen LogP contribution in [-0.4, -0.2) is 90.3 Å². The summed E-state index contributed by atoms with van der Waals surface area (Å²) >= 11 is 0. The highest BCUT2D eigenvalue weighted by Crippen LogP contribution is 2.66. The van der Waals surface area contributed by atoms with Gasteiger partial charge in [-0.15, -0.1) is 0 Å². The molecule has 0 aliphatic carbocycles. The Kier molecular flexibility index (Phi) is 11.6. The number of carbonyl (C=O) groups excluding carboxylic acids is 2. The summed E-state index contributed by atoms with van der Waals surface area (Å²) in [6, 6.07) is 0. The van der Waals surface area contributed by atoms with Crippen molar-refractivity contribution in [3.05, 3.63) is 24.3 Å². The molecule has 0 saturated carbocycles. The lowest BCUT2D eigenvalue weighted by atomic mass is 9.85. The molecular formula is C21H14F22O4.